The van der Waals surface area contributed by atoms with E-state index in [0.29, 0.717) is 16.9 Å². The van der Waals surface area contributed by atoms with Crippen molar-refractivity contribution >= 4 is 29.0 Å². The second kappa shape index (κ2) is 6.23. The first-order valence-electron chi connectivity index (χ1n) is 6.01. The molecule has 0 aliphatic rings. The predicted molar refractivity (Wildman–Crippen MR) is 78.9 cm³/mol. The maximum Gasteiger partial charge on any atom is 0.336 e. The van der Waals surface area contributed by atoms with Crippen molar-refractivity contribution in [3.63, 3.8) is 0 Å². The zero-order valence-corrected chi connectivity index (χ0v) is 11.9. The number of carbonyl (C=O) groups is 2. The highest BCUT2D eigenvalue weighted by Gasteiger charge is 2.09. The predicted octanol–water partition coefficient (Wildman–Crippen LogP) is 1.76. The molecule has 0 fully saturated rings. The molecular weight excluding hydrogens is 294 g/mol. The molecular formula is C13H13N3O4S. The maximum atomic E-state index is 11.7. The minimum absolute atomic E-state index is 0.134. The van der Waals surface area contributed by atoms with Crippen LogP contribution in [0.25, 0.3) is 0 Å². The minimum atomic E-state index is -1.05. The van der Waals surface area contributed by atoms with Crippen molar-refractivity contribution in [1.29, 1.82) is 0 Å². The molecule has 0 unspecified atom stereocenters. The molecule has 2 aromatic rings. The number of nitrogens with one attached hydrogen (secondary N) is 3. The molecule has 0 bridgehead atoms. The summed E-state index contributed by atoms with van der Waals surface area (Å²) >= 11 is 1.02. The summed E-state index contributed by atoms with van der Waals surface area (Å²) in [5, 5.41) is 15.7. The lowest BCUT2D eigenvalue weighted by Crippen LogP contribution is -2.28. The van der Waals surface area contributed by atoms with Crippen LogP contribution in [-0.4, -0.2) is 22.1 Å². The van der Waals surface area contributed by atoms with Gasteiger partial charge in [-0.15, -0.1) is 0 Å². The number of benzene rings is 1. The van der Waals surface area contributed by atoms with Crippen molar-refractivity contribution in [2.45, 2.75) is 13.5 Å². The summed E-state index contributed by atoms with van der Waals surface area (Å²) < 4.78 is 0. The Labute approximate surface area is 123 Å². The number of hydrogen-bond donors (Lipinski definition) is 4. The molecule has 0 spiro atoms. The highest BCUT2D eigenvalue weighted by molar-refractivity contribution is 7.07. The smallest absolute Gasteiger partial charge is 0.336 e. The molecule has 1 heterocycles. The lowest BCUT2D eigenvalue weighted by Gasteiger charge is -2.08. The molecule has 0 aliphatic heterocycles. The minimum Gasteiger partial charge on any atom is -0.478 e. The molecule has 1 aromatic carbocycles. The van der Waals surface area contributed by atoms with E-state index in [9.17, 15) is 14.4 Å². The van der Waals surface area contributed by atoms with Gasteiger partial charge >= 0.3 is 16.9 Å². The Morgan fingerprint density at radius 2 is 2.14 bits per heavy atom. The molecule has 0 radical (unpaired) electrons. The van der Waals surface area contributed by atoms with Crippen LogP contribution < -0.4 is 15.5 Å². The Morgan fingerprint density at radius 3 is 2.76 bits per heavy atom. The summed E-state index contributed by atoms with van der Waals surface area (Å²) in [6.07, 6.45) is 0. The van der Waals surface area contributed by atoms with E-state index in [0.717, 1.165) is 11.3 Å². The van der Waals surface area contributed by atoms with Crippen LogP contribution in [0.5, 0.6) is 0 Å². The number of aromatic nitrogens is 1. The Balaban J connectivity index is 1.98. The fraction of sp³-hybridized carbons (Fsp3) is 0.154. The lowest BCUT2D eigenvalue weighted by atomic mass is 10.1. The average Bonchev–Trinajstić information content (AvgIpc) is 2.84. The third kappa shape index (κ3) is 3.93. The zero-order chi connectivity index (χ0) is 15.4. The first kappa shape index (κ1) is 14.8. The van der Waals surface area contributed by atoms with Gasteiger partial charge in [-0.1, -0.05) is 17.4 Å². The van der Waals surface area contributed by atoms with E-state index in [1.807, 2.05) is 0 Å². The maximum absolute atomic E-state index is 11.7. The van der Waals surface area contributed by atoms with Crippen molar-refractivity contribution in [3.05, 3.63) is 50.1 Å². The van der Waals surface area contributed by atoms with E-state index in [4.69, 9.17) is 5.11 Å². The number of rotatable bonds is 4. The first-order chi connectivity index (χ1) is 9.95. The van der Waals surface area contributed by atoms with Gasteiger partial charge < -0.3 is 20.7 Å². The number of urea groups is 1. The summed E-state index contributed by atoms with van der Waals surface area (Å²) in [5.41, 5.74) is 1.74. The third-order valence-corrected chi connectivity index (χ3v) is 3.45. The quantitative estimate of drug-likeness (QED) is 0.689. The molecule has 8 heteroatoms. The van der Waals surface area contributed by atoms with Crippen molar-refractivity contribution in [2.24, 2.45) is 0 Å². The first-order valence-corrected chi connectivity index (χ1v) is 6.89. The molecule has 21 heavy (non-hydrogen) atoms. The topological polar surface area (TPSA) is 111 Å². The van der Waals surface area contributed by atoms with Crippen LogP contribution in [0.2, 0.25) is 0 Å². The van der Waals surface area contributed by atoms with E-state index >= 15 is 0 Å². The normalized spacial score (nSPS) is 10.1. The average molecular weight is 307 g/mol. The van der Waals surface area contributed by atoms with Gasteiger partial charge in [-0.05, 0) is 24.6 Å². The van der Waals surface area contributed by atoms with Gasteiger partial charge in [-0.2, -0.15) is 0 Å². The monoisotopic (exact) mass is 307 g/mol. The number of aromatic amines is 1. The number of aromatic carboxylic acids is 1. The van der Waals surface area contributed by atoms with Crippen LogP contribution in [0.3, 0.4) is 0 Å². The highest BCUT2D eigenvalue weighted by Crippen LogP contribution is 2.15. The number of anilines is 1. The van der Waals surface area contributed by atoms with Crippen LogP contribution >= 0.6 is 11.3 Å². The highest BCUT2D eigenvalue weighted by atomic mass is 32.1. The van der Waals surface area contributed by atoms with Crippen molar-refractivity contribution in [1.82, 2.24) is 10.3 Å². The van der Waals surface area contributed by atoms with E-state index < -0.39 is 12.0 Å². The molecule has 0 aliphatic carbocycles. The van der Waals surface area contributed by atoms with E-state index in [1.165, 1.54) is 6.07 Å². The molecule has 0 saturated carbocycles. The second-order valence-corrected chi connectivity index (χ2v) is 5.16. The molecule has 110 valence electrons. The largest absolute Gasteiger partial charge is 0.478 e. The van der Waals surface area contributed by atoms with Crippen LogP contribution in [-0.2, 0) is 6.54 Å². The zero-order valence-electron chi connectivity index (χ0n) is 11.1. The summed E-state index contributed by atoms with van der Waals surface area (Å²) in [5.74, 6) is -1.05. The van der Waals surface area contributed by atoms with Gasteiger partial charge in [-0.25, -0.2) is 9.59 Å². The van der Waals surface area contributed by atoms with Crippen LogP contribution in [0.15, 0.2) is 28.4 Å². The number of hydrogen-bond acceptors (Lipinski definition) is 4. The molecule has 1 aromatic heterocycles. The van der Waals surface area contributed by atoms with E-state index in [-0.39, 0.29) is 17.0 Å². The van der Waals surface area contributed by atoms with Crippen LogP contribution in [0, 0.1) is 6.92 Å². The summed E-state index contributed by atoms with van der Waals surface area (Å²) in [6.45, 7) is 1.86. The standard InChI is InChI=1S/C13H13N3O4S/c1-7-2-3-8(4-10(7)11(17)18)15-12(19)14-5-9-6-21-13(20)16-9/h2-4,6H,5H2,1H3,(H,16,20)(H,17,18)(H2,14,15,19). The molecule has 2 rings (SSSR count). The number of thiazole rings is 1. The van der Waals surface area contributed by atoms with Gasteiger partial charge in [0.15, 0.2) is 0 Å². The number of aryl methyl sites for hydroxylation is 1. The molecule has 0 atom stereocenters. The third-order valence-electron chi connectivity index (χ3n) is 2.74. The van der Waals surface area contributed by atoms with Gasteiger partial charge in [0.2, 0.25) is 0 Å². The molecule has 4 N–H and O–H groups in total. The summed E-state index contributed by atoms with van der Waals surface area (Å²) in [7, 11) is 0. The number of carboxylic acids is 1. The molecule has 0 saturated heterocycles. The Morgan fingerprint density at radius 1 is 1.38 bits per heavy atom. The SMILES string of the molecule is Cc1ccc(NC(=O)NCc2csc(=O)[nH]2)cc1C(=O)O. The molecule has 2 amide bonds. The van der Waals surface area contributed by atoms with E-state index in [1.54, 1.807) is 24.4 Å². The van der Waals surface area contributed by atoms with Crippen LogP contribution in [0.4, 0.5) is 10.5 Å². The fourth-order valence-electron chi connectivity index (χ4n) is 1.68. The number of carboxylic acid groups (broad SMARTS) is 1. The molecule has 7 nitrogen and oxygen atoms in total. The summed E-state index contributed by atoms with van der Waals surface area (Å²) in [4.78, 5) is 36.0. The number of H-pyrrole nitrogens is 1. The number of carbonyl (C=O) groups excluding carboxylic acids is 1. The Hall–Kier alpha value is -2.61. The van der Waals surface area contributed by atoms with Crippen molar-refractivity contribution in [3.8, 4) is 0 Å². The Kier molecular flexibility index (Phi) is 4.39. The van der Waals surface area contributed by atoms with Crippen molar-refractivity contribution in [2.75, 3.05) is 5.32 Å². The second-order valence-electron chi connectivity index (χ2n) is 4.32. The van der Waals surface area contributed by atoms with Gasteiger partial charge in [0.25, 0.3) is 0 Å². The number of amides is 2. The van der Waals surface area contributed by atoms with Crippen LogP contribution in [0.1, 0.15) is 21.6 Å². The fourth-order valence-corrected chi connectivity index (χ4v) is 2.26. The Bertz CT molecular complexity index is 735. The van der Waals surface area contributed by atoms with Gasteiger partial charge in [-0.3, -0.25) is 4.79 Å². The lowest BCUT2D eigenvalue weighted by molar-refractivity contribution is 0.0696. The van der Waals surface area contributed by atoms with Gasteiger partial charge in [0.1, 0.15) is 0 Å². The van der Waals surface area contributed by atoms with Gasteiger partial charge in [0, 0.05) is 16.8 Å². The van der Waals surface area contributed by atoms with E-state index in [2.05, 4.69) is 15.6 Å². The van der Waals surface area contributed by atoms with Gasteiger partial charge in [0.05, 0.1) is 12.1 Å². The summed E-state index contributed by atoms with van der Waals surface area (Å²) in [6, 6.07) is 4.15. The van der Waals surface area contributed by atoms with Crippen molar-refractivity contribution < 1.29 is 14.7 Å².